The van der Waals surface area contributed by atoms with Crippen LogP contribution in [0.1, 0.15) is 63.4 Å². The number of ether oxygens (including phenoxy) is 4. The highest BCUT2D eigenvalue weighted by atomic mass is 16.5. The van der Waals surface area contributed by atoms with Crippen molar-refractivity contribution in [1.29, 1.82) is 0 Å². The lowest BCUT2D eigenvalue weighted by atomic mass is 9.85. The SMILES string of the molecule is COc1cc(CCCOC(=O)[C@@H]2CCCCN2C(=O)C(=O)C2CCCCC2)cc(OC)c1OC. The number of methoxy groups -OCH3 is 3. The number of Topliss-reactive ketones (excluding diaryl/α,β-unsaturated/α-hetero) is 1. The molecule has 1 aliphatic heterocycles. The smallest absolute Gasteiger partial charge is 0.328 e. The van der Waals surface area contributed by atoms with Crippen molar-refractivity contribution in [2.24, 2.45) is 5.92 Å². The number of likely N-dealkylation sites (tertiary alicyclic amines) is 1. The third-order valence-electron chi connectivity index (χ3n) is 6.80. The molecule has 1 aromatic carbocycles. The first-order chi connectivity index (χ1) is 16.5. The molecule has 1 amide bonds. The molecule has 1 saturated carbocycles. The van der Waals surface area contributed by atoms with Crippen molar-refractivity contribution in [2.75, 3.05) is 34.5 Å². The van der Waals surface area contributed by atoms with Gasteiger partial charge in [0.15, 0.2) is 11.5 Å². The maximum Gasteiger partial charge on any atom is 0.328 e. The molecule has 0 aromatic heterocycles. The normalized spacial score (nSPS) is 18.8. The molecular weight excluding hydrogens is 438 g/mol. The molecule has 34 heavy (non-hydrogen) atoms. The summed E-state index contributed by atoms with van der Waals surface area (Å²) in [5.74, 6) is 0.228. The molecule has 1 aliphatic carbocycles. The Labute approximate surface area is 201 Å². The van der Waals surface area contributed by atoms with E-state index in [0.29, 0.717) is 43.1 Å². The molecular formula is C26H37NO7. The predicted molar refractivity (Wildman–Crippen MR) is 126 cm³/mol. The van der Waals surface area contributed by atoms with Gasteiger partial charge in [-0.3, -0.25) is 9.59 Å². The van der Waals surface area contributed by atoms with Gasteiger partial charge in [-0.1, -0.05) is 19.3 Å². The number of hydrogen-bond acceptors (Lipinski definition) is 7. The maximum atomic E-state index is 12.9. The van der Waals surface area contributed by atoms with Gasteiger partial charge in [-0.15, -0.1) is 0 Å². The molecule has 2 fully saturated rings. The van der Waals surface area contributed by atoms with E-state index in [2.05, 4.69) is 0 Å². The van der Waals surface area contributed by atoms with Gasteiger partial charge in [-0.2, -0.15) is 0 Å². The summed E-state index contributed by atoms with van der Waals surface area (Å²) in [5, 5.41) is 0. The van der Waals surface area contributed by atoms with E-state index in [0.717, 1.165) is 50.5 Å². The zero-order chi connectivity index (χ0) is 24.5. The first kappa shape index (κ1) is 25.8. The van der Waals surface area contributed by atoms with Gasteiger partial charge in [0.05, 0.1) is 27.9 Å². The molecule has 1 atom stereocenters. The number of carbonyl (C=O) groups excluding carboxylic acids is 3. The third kappa shape index (κ3) is 6.21. The highest BCUT2D eigenvalue weighted by molar-refractivity contribution is 6.37. The van der Waals surface area contributed by atoms with Crippen LogP contribution in [0.2, 0.25) is 0 Å². The van der Waals surface area contributed by atoms with Gasteiger partial charge in [0, 0.05) is 12.5 Å². The molecule has 0 radical (unpaired) electrons. The lowest BCUT2D eigenvalue weighted by Crippen LogP contribution is -2.52. The Morgan fingerprint density at radius 3 is 2.15 bits per heavy atom. The standard InChI is InChI=1S/C26H37NO7/c1-31-21-16-18(17-22(32-2)24(21)33-3)10-9-15-34-26(30)20-13-7-8-14-27(20)25(29)23(28)19-11-5-4-6-12-19/h16-17,19-20H,4-15H2,1-3H3/t20-/m0/s1. The van der Waals surface area contributed by atoms with E-state index in [-0.39, 0.29) is 18.3 Å². The van der Waals surface area contributed by atoms with Crippen LogP contribution in [-0.2, 0) is 25.5 Å². The number of esters is 1. The van der Waals surface area contributed by atoms with Crippen LogP contribution in [0, 0.1) is 5.92 Å². The molecule has 1 saturated heterocycles. The van der Waals surface area contributed by atoms with Gasteiger partial charge in [0.2, 0.25) is 11.5 Å². The maximum absolute atomic E-state index is 12.9. The Bertz CT molecular complexity index is 838. The second-order valence-electron chi connectivity index (χ2n) is 9.01. The average Bonchev–Trinajstić information content (AvgIpc) is 2.89. The minimum atomic E-state index is -0.671. The lowest BCUT2D eigenvalue weighted by Gasteiger charge is -2.34. The van der Waals surface area contributed by atoms with Crippen molar-refractivity contribution in [3.8, 4) is 17.2 Å². The number of amides is 1. The largest absolute Gasteiger partial charge is 0.493 e. The first-order valence-corrected chi connectivity index (χ1v) is 12.3. The van der Waals surface area contributed by atoms with Gasteiger partial charge in [0.1, 0.15) is 6.04 Å². The van der Waals surface area contributed by atoms with E-state index in [1.165, 1.54) is 4.90 Å². The Morgan fingerprint density at radius 1 is 0.882 bits per heavy atom. The Kier molecular flexibility index (Phi) is 9.60. The Hall–Kier alpha value is -2.77. The summed E-state index contributed by atoms with van der Waals surface area (Å²) in [4.78, 5) is 40.0. The van der Waals surface area contributed by atoms with Gasteiger partial charge >= 0.3 is 5.97 Å². The van der Waals surface area contributed by atoms with Gasteiger partial charge < -0.3 is 23.8 Å². The lowest BCUT2D eigenvalue weighted by molar-refractivity contribution is -0.160. The monoisotopic (exact) mass is 475 g/mol. The van der Waals surface area contributed by atoms with Crippen LogP contribution >= 0.6 is 0 Å². The zero-order valence-electron chi connectivity index (χ0n) is 20.6. The van der Waals surface area contributed by atoms with Crippen molar-refractivity contribution in [3.63, 3.8) is 0 Å². The van der Waals surface area contributed by atoms with Crippen molar-refractivity contribution in [2.45, 2.75) is 70.3 Å². The minimum absolute atomic E-state index is 0.196. The molecule has 0 bridgehead atoms. The number of benzene rings is 1. The Morgan fingerprint density at radius 2 is 1.53 bits per heavy atom. The quantitative estimate of drug-likeness (QED) is 0.289. The fraction of sp³-hybridized carbons (Fsp3) is 0.654. The highest BCUT2D eigenvalue weighted by Crippen LogP contribution is 2.38. The zero-order valence-corrected chi connectivity index (χ0v) is 20.6. The van der Waals surface area contributed by atoms with Crippen LogP contribution < -0.4 is 14.2 Å². The van der Waals surface area contributed by atoms with Gasteiger partial charge in [-0.25, -0.2) is 4.79 Å². The molecule has 0 spiro atoms. The molecule has 1 aromatic rings. The van der Waals surface area contributed by atoms with Crippen LogP contribution in [0.15, 0.2) is 12.1 Å². The molecule has 8 nitrogen and oxygen atoms in total. The average molecular weight is 476 g/mol. The molecule has 0 N–H and O–H groups in total. The first-order valence-electron chi connectivity index (χ1n) is 12.3. The number of aryl methyl sites for hydroxylation is 1. The Balaban J connectivity index is 1.54. The van der Waals surface area contributed by atoms with Crippen LogP contribution in [-0.4, -0.2) is 63.1 Å². The predicted octanol–water partition coefficient (Wildman–Crippen LogP) is 3.72. The highest BCUT2D eigenvalue weighted by Gasteiger charge is 2.38. The number of rotatable bonds is 10. The fourth-order valence-corrected chi connectivity index (χ4v) is 4.93. The summed E-state index contributed by atoms with van der Waals surface area (Å²) in [6.45, 7) is 0.660. The number of carbonyl (C=O) groups is 3. The van der Waals surface area contributed by atoms with Gasteiger partial charge in [0.25, 0.3) is 5.91 Å². The fourth-order valence-electron chi connectivity index (χ4n) is 4.93. The molecule has 0 unspecified atom stereocenters. The molecule has 1 heterocycles. The summed E-state index contributed by atoms with van der Waals surface area (Å²) in [6, 6.07) is 3.08. The van der Waals surface area contributed by atoms with Crippen LogP contribution in [0.4, 0.5) is 0 Å². The van der Waals surface area contributed by atoms with Crippen molar-refractivity contribution >= 4 is 17.7 Å². The topological polar surface area (TPSA) is 91.4 Å². The summed E-state index contributed by atoms with van der Waals surface area (Å²) in [5.41, 5.74) is 0.970. The van der Waals surface area contributed by atoms with Crippen LogP contribution in [0.3, 0.4) is 0 Å². The molecule has 3 rings (SSSR count). The van der Waals surface area contributed by atoms with Gasteiger partial charge in [-0.05, 0) is 62.6 Å². The summed E-state index contributed by atoms with van der Waals surface area (Å²) < 4.78 is 21.7. The minimum Gasteiger partial charge on any atom is -0.493 e. The molecule has 2 aliphatic rings. The van der Waals surface area contributed by atoms with E-state index in [4.69, 9.17) is 18.9 Å². The van der Waals surface area contributed by atoms with Crippen LogP contribution in [0.5, 0.6) is 17.2 Å². The second kappa shape index (κ2) is 12.6. The van der Waals surface area contributed by atoms with E-state index < -0.39 is 17.9 Å². The van der Waals surface area contributed by atoms with E-state index >= 15 is 0 Å². The summed E-state index contributed by atoms with van der Waals surface area (Å²) in [7, 11) is 4.69. The van der Waals surface area contributed by atoms with E-state index in [1.807, 2.05) is 12.1 Å². The second-order valence-corrected chi connectivity index (χ2v) is 9.01. The van der Waals surface area contributed by atoms with Crippen molar-refractivity contribution < 1.29 is 33.3 Å². The van der Waals surface area contributed by atoms with Crippen molar-refractivity contribution in [1.82, 2.24) is 4.90 Å². The number of ketones is 1. The number of nitrogens with zero attached hydrogens (tertiary/aromatic N) is 1. The number of hydrogen-bond donors (Lipinski definition) is 0. The summed E-state index contributed by atoms with van der Waals surface area (Å²) in [6.07, 6.45) is 8.07. The van der Waals surface area contributed by atoms with Crippen molar-refractivity contribution in [3.05, 3.63) is 17.7 Å². The van der Waals surface area contributed by atoms with E-state index in [1.54, 1.807) is 21.3 Å². The van der Waals surface area contributed by atoms with E-state index in [9.17, 15) is 14.4 Å². The number of piperidine rings is 1. The molecule has 188 valence electrons. The third-order valence-corrected chi connectivity index (χ3v) is 6.80. The summed E-state index contributed by atoms with van der Waals surface area (Å²) >= 11 is 0. The molecule has 8 heteroatoms. The van der Waals surface area contributed by atoms with Crippen LogP contribution in [0.25, 0.3) is 0 Å².